The van der Waals surface area contributed by atoms with Crippen molar-refractivity contribution in [3.63, 3.8) is 0 Å². The number of ketones is 1. The van der Waals surface area contributed by atoms with Gasteiger partial charge in [-0.15, -0.1) is 0 Å². The third-order valence-electron chi connectivity index (χ3n) is 5.30. The Labute approximate surface area is 162 Å². The van der Waals surface area contributed by atoms with Crippen molar-refractivity contribution in [2.75, 3.05) is 0 Å². The lowest BCUT2D eigenvalue weighted by Crippen LogP contribution is -2.54. The van der Waals surface area contributed by atoms with Gasteiger partial charge in [0, 0.05) is 10.6 Å². The Morgan fingerprint density at radius 3 is 2.74 bits per heavy atom. The minimum atomic E-state index is -1.01. The molecule has 0 radical (unpaired) electrons. The fourth-order valence-corrected chi connectivity index (χ4v) is 4.21. The molecule has 140 valence electrons. The molecule has 0 amide bonds. The number of carbonyl (C=O) groups is 1. The van der Waals surface area contributed by atoms with Crippen molar-refractivity contribution in [3.05, 3.63) is 64.7 Å². The fourth-order valence-electron chi connectivity index (χ4n) is 3.92. The number of hydrogen-bond acceptors (Lipinski definition) is 5. The molecule has 27 heavy (non-hydrogen) atoms. The van der Waals surface area contributed by atoms with Crippen LogP contribution in [-0.2, 0) is 21.5 Å². The zero-order chi connectivity index (χ0) is 19.0. The van der Waals surface area contributed by atoms with Gasteiger partial charge < -0.3 is 15.6 Å². The van der Waals surface area contributed by atoms with Crippen molar-refractivity contribution < 1.29 is 14.6 Å². The summed E-state index contributed by atoms with van der Waals surface area (Å²) in [6.45, 7) is 0. The molecule has 5 nitrogen and oxygen atoms in total. The lowest BCUT2D eigenvalue weighted by atomic mass is 9.73. The van der Waals surface area contributed by atoms with E-state index in [2.05, 4.69) is 0 Å². The van der Waals surface area contributed by atoms with Crippen molar-refractivity contribution in [2.24, 2.45) is 10.7 Å². The highest BCUT2D eigenvalue weighted by Crippen LogP contribution is 2.44. The highest BCUT2D eigenvalue weighted by atomic mass is 35.5. The number of phenolic OH excluding ortho intramolecular Hbond substituents is 1. The van der Waals surface area contributed by atoms with Gasteiger partial charge in [-0.25, -0.2) is 4.99 Å². The van der Waals surface area contributed by atoms with Crippen LogP contribution in [0.4, 0.5) is 0 Å². The molecule has 4 rings (SSSR count). The Kier molecular flexibility index (Phi) is 4.66. The fraction of sp³-hybridized carbons (Fsp3) is 0.333. The molecule has 1 heterocycles. The van der Waals surface area contributed by atoms with Gasteiger partial charge in [-0.1, -0.05) is 41.9 Å². The van der Waals surface area contributed by atoms with Crippen LogP contribution in [0.2, 0.25) is 5.02 Å². The summed E-state index contributed by atoms with van der Waals surface area (Å²) < 4.78 is 5.90. The molecule has 1 unspecified atom stereocenters. The Morgan fingerprint density at radius 2 is 2.00 bits per heavy atom. The molecular formula is C21H21ClN2O3. The van der Waals surface area contributed by atoms with E-state index in [0.717, 1.165) is 17.5 Å². The predicted octanol–water partition coefficient (Wildman–Crippen LogP) is 3.36. The quantitative estimate of drug-likeness (QED) is 0.846. The maximum atomic E-state index is 13.1. The Balaban J connectivity index is 1.71. The highest BCUT2D eigenvalue weighted by molar-refractivity contribution is 6.32. The summed E-state index contributed by atoms with van der Waals surface area (Å²) in [5.41, 5.74) is 7.05. The van der Waals surface area contributed by atoms with Gasteiger partial charge in [0.05, 0.1) is 6.04 Å². The predicted molar refractivity (Wildman–Crippen MR) is 104 cm³/mol. The molecule has 3 atom stereocenters. The second-order valence-corrected chi connectivity index (χ2v) is 7.54. The number of rotatable bonds is 4. The van der Waals surface area contributed by atoms with E-state index in [1.54, 1.807) is 18.2 Å². The number of carbonyl (C=O) groups excluding carboxylic acids is 1. The molecule has 1 aliphatic carbocycles. The zero-order valence-electron chi connectivity index (χ0n) is 14.8. The van der Waals surface area contributed by atoms with Gasteiger partial charge in [-0.2, -0.15) is 0 Å². The molecule has 0 spiro atoms. The maximum absolute atomic E-state index is 13.1. The summed E-state index contributed by atoms with van der Waals surface area (Å²) in [6, 6.07) is 13.7. The summed E-state index contributed by atoms with van der Waals surface area (Å²) in [4.78, 5) is 17.8. The van der Waals surface area contributed by atoms with E-state index in [1.807, 2.05) is 30.3 Å². The zero-order valence-corrected chi connectivity index (χ0v) is 15.5. The van der Waals surface area contributed by atoms with Crippen LogP contribution in [0.3, 0.4) is 0 Å². The molecular weight excluding hydrogens is 364 g/mol. The maximum Gasteiger partial charge on any atom is 0.205 e. The summed E-state index contributed by atoms with van der Waals surface area (Å²) in [5.74, 6) is 0.561. The number of phenols is 1. The van der Waals surface area contributed by atoms with Crippen LogP contribution in [0.15, 0.2) is 53.5 Å². The smallest absolute Gasteiger partial charge is 0.205 e. The van der Waals surface area contributed by atoms with Gasteiger partial charge in [-0.3, -0.25) is 4.79 Å². The molecule has 2 aromatic rings. The number of fused-ring (bicyclic) bond motifs is 2. The number of benzene rings is 2. The lowest BCUT2D eigenvalue weighted by Gasteiger charge is -2.42. The third kappa shape index (κ3) is 3.22. The standard InChI is InChI=1S/C21H21ClN2O3/c22-16-5-2-1-4-15(16)21-11-3-6-18(19(21)26)27-20(24-21)17(23)12-13-7-9-14(25)10-8-13/h1-2,4-5,7-10,17-18,25H,3,6,11-12,23H2/t17?,18-,21-/m0/s1. The summed E-state index contributed by atoms with van der Waals surface area (Å²) in [5, 5.41) is 9.97. The van der Waals surface area contributed by atoms with E-state index < -0.39 is 17.7 Å². The van der Waals surface area contributed by atoms with Crippen molar-refractivity contribution in [2.45, 2.75) is 43.4 Å². The van der Waals surface area contributed by atoms with Crippen LogP contribution in [-0.4, -0.2) is 28.9 Å². The van der Waals surface area contributed by atoms with E-state index in [9.17, 15) is 9.90 Å². The van der Waals surface area contributed by atoms with E-state index in [-0.39, 0.29) is 11.5 Å². The van der Waals surface area contributed by atoms with E-state index in [4.69, 9.17) is 27.1 Å². The lowest BCUT2D eigenvalue weighted by molar-refractivity contribution is -0.137. The number of Topliss-reactive ketones (excluding diaryl/α,β-unsaturated/α-hetero) is 1. The molecule has 2 aliphatic rings. The minimum Gasteiger partial charge on any atom is -0.508 e. The van der Waals surface area contributed by atoms with Crippen LogP contribution in [0.1, 0.15) is 30.4 Å². The molecule has 2 aromatic carbocycles. The first kappa shape index (κ1) is 18.0. The number of aliphatic imine (C=N–C) groups is 1. The first-order valence-electron chi connectivity index (χ1n) is 9.09. The van der Waals surface area contributed by atoms with Crippen molar-refractivity contribution in [1.29, 1.82) is 0 Å². The largest absolute Gasteiger partial charge is 0.508 e. The van der Waals surface area contributed by atoms with Crippen LogP contribution in [0.5, 0.6) is 5.75 Å². The number of ether oxygens (including phenoxy) is 1. The van der Waals surface area contributed by atoms with Crippen LogP contribution in [0, 0.1) is 0 Å². The number of hydrogen-bond donors (Lipinski definition) is 2. The van der Waals surface area contributed by atoms with E-state index >= 15 is 0 Å². The Bertz CT molecular complexity index is 897. The molecule has 3 N–H and O–H groups in total. The van der Waals surface area contributed by atoms with Gasteiger partial charge in [0.1, 0.15) is 5.75 Å². The van der Waals surface area contributed by atoms with Crippen LogP contribution >= 0.6 is 11.6 Å². The second kappa shape index (κ2) is 6.98. The topological polar surface area (TPSA) is 84.9 Å². The Hall–Kier alpha value is -2.37. The summed E-state index contributed by atoms with van der Waals surface area (Å²) in [6.07, 6.45) is 2.07. The van der Waals surface area contributed by atoms with Crippen LogP contribution < -0.4 is 5.73 Å². The monoisotopic (exact) mass is 384 g/mol. The van der Waals surface area contributed by atoms with Crippen molar-refractivity contribution >= 4 is 23.3 Å². The van der Waals surface area contributed by atoms with Crippen LogP contribution in [0.25, 0.3) is 0 Å². The number of aromatic hydroxyl groups is 1. The first-order chi connectivity index (χ1) is 13.0. The van der Waals surface area contributed by atoms with E-state index in [0.29, 0.717) is 30.2 Å². The average Bonchev–Trinajstić information content (AvgIpc) is 2.64. The van der Waals surface area contributed by atoms with Gasteiger partial charge >= 0.3 is 0 Å². The Morgan fingerprint density at radius 1 is 1.26 bits per heavy atom. The number of halogens is 1. The minimum absolute atomic E-state index is 0.0394. The number of nitrogens with two attached hydrogens (primary N) is 1. The molecule has 6 heteroatoms. The second-order valence-electron chi connectivity index (χ2n) is 7.13. The third-order valence-corrected chi connectivity index (χ3v) is 5.63. The molecule has 0 saturated heterocycles. The SMILES string of the molecule is NC(Cc1ccc(O)cc1)C1=N[C@]2(c3ccccc3Cl)CCC[C@H](O1)C2=O. The van der Waals surface area contributed by atoms with Gasteiger partial charge in [0.15, 0.2) is 11.6 Å². The highest BCUT2D eigenvalue weighted by Gasteiger charge is 2.52. The molecule has 2 bridgehead atoms. The normalized spacial score (nSPS) is 25.5. The van der Waals surface area contributed by atoms with Crippen molar-refractivity contribution in [1.82, 2.24) is 0 Å². The first-order valence-corrected chi connectivity index (χ1v) is 9.46. The summed E-state index contributed by atoms with van der Waals surface area (Å²) in [7, 11) is 0. The summed E-state index contributed by atoms with van der Waals surface area (Å²) >= 11 is 6.42. The van der Waals surface area contributed by atoms with Crippen molar-refractivity contribution in [3.8, 4) is 5.75 Å². The molecule has 0 aromatic heterocycles. The average molecular weight is 385 g/mol. The molecule has 1 aliphatic heterocycles. The van der Waals surface area contributed by atoms with E-state index in [1.165, 1.54) is 0 Å². The number of nitrogens with zero attached hydrogens (tertiary/aromatic N) is 1. The van der Waals surface area contributed by atoms with Gasteiger partial charge in [0.2, 0.25) is 11.7 Å². The molecule has 1 saturated carbocycles. The molecule has 1 fully saturated rings. The van der Waals surface area contributed by atoms with Gasteiger partial charge in [-0.05, 0) is 49.4 Å². The van der Waals surface area contributed by atoms with Gasteiger partial charge in [0.25, 0.3) is 0 Å².